The predicted molar refractivity (Wildman–Crippen MR) is 113 cm³/mol. The van der Waals surface area contributed by atoms with Gasteiger partial charge in [0.2, 0.25) is 5.82 Å². The van der Waals surface area contributed by atoms with E-state index in [0.29, 0.717) is 28.8 Å². The molecule has 1 aromatic heterocycles. The lowest BCUT2D eigenvalue weighted by Gasteiger charge is -2.07. The van der Waals surface area contributed by atoms with Gasteiger partial charge >= 0.3 is 0 Å². The third kappa shape index (κ3) is 4.38. The van der Waals surface area contributed by atoms with Gasteiger partial charge in [-0.25, -0.2) is 0 Å². The summed E-state index contributed by atoms with van der Waals surface area (Å²) < 4.78 is 16.2. The van der Waals surface area contributed by atoms with Crippen LogP contribution in [0, 0.1) is 6.92 Å². The maximum absolute atomic E-state index is 12.3. The molecule has 0 atom stereocenters. The van der Waals surface area contributed by atoms with Crippen molar-refractivity contribution in [2.45, 2.75) is 6.92 Å². The second-order valence-corrected chi connectivity index (χ2v) is 6.76. The fourth-order valence-corrected chi connectivity index (χ4v) is 2.97. The first-order chi connectivity index (χ1) is 14.6. The number of rotatable bonds is 7. The summed E-state index contributed by atoms with van der Waals surface area (Å²) in [7, 11) is 1.56. The van der Waals surface area contributed by atoms with Gasteiger partial charge in [0, 0.05) is 16.7 Å². The Hall–Kier alpha value is -3.93. The summed E-state index contributed by atoms with van der Waals surface area (Å²) >= 11 is 0. The van der Waals surface area contributed by atoms with Crippen molar-refractivity contribution < 1.29 is 18.8 Å². The molecular formula is C24H20N2O4. The van der Waals surface area contributed by atoms with Crippen LogP contribution in [0.4, 0.5) is 0 Å². The number of hydrogen-bond donors (Lipinski definition) is 0. The molecule has 0 amide bonds. The summed E-state index contributed by atoms with van der Waals surface area (Å²) in [6.45, 7) is 1.95. The molecule has 0 saturated carbocycles. The summed E-state index contributed by atoms with van der Waals surface area (Å²) in [6.07, 6.45) is 0. The van der Waals surface area contributed by atoms with Gasteiger partial charge in [-0.1, -0.05) is 35.0 Å². The molecule has 0 bridgehead atoms. The Bertz CT molecular complexity index is 1170. The van der Waals surface area contributed by atoms with Crippen molar-refractivity contribution in [3.63, 3.8) is 0 Å². The highest BCUT2D eigenvalue weighted by molar-refractivity contribution is 5.97. The number of aromatic nitrogens is 2. The van der Waals surface area contributed by atoms with Crippen molar-refractivity contribution in [2.24, 2.45) is 0 Å². The zero-order valence-corrected chi connectivity index (χ0v) is 16.7. The van der Waals surface area contributed by atoms with Crippen LogP contribution in [0.3, 0.4) is 0 Å². The van der Waals surface area contributed by atoms with Gasteiger partial charge in [-0.05, 0) is 55.5 Å². The van der Waals surface area contributed by atoms with E-state index >= 15 is 0 Å². The third-order valence-electron chi connectivity index (χ3n) is 4.57. The first kappa shape index (κ1) is 19.4. The largest absolute Gasteiger partial charge is 0.497 e. The van der Waals surface area contributed by atoms with Gasteiger partial charge in [-0.15, -0.1) is 0 Å². The predicted octanol–water partition coefficient (Wildman–Crippen LogP) is 4.98. The Morgan fingerprint density at radius 2 is 1.73 bits per heavy atom. The van der Waals surface area contributed by atoms with E-state index in [1.165, 1.54) is 0 Å². The lowest BCUT2D eigenvalue weighted by molar-refractivity contribution is 0.0921. The molecule has 4 aromatic rings. The molecule has 0 radical (unpaired) electrons. The van der Waals surface area contributed by atoms with E-state index < -0.39 is 0 Å². The van der Waals surface area contributed by atoms with Crippen molar-refractivity contribution in [1.29, 1.82) is 0 Å². The van der Waals surface area contributed by atoms with Gasteiger partial charge in [-0.2, -0.15) is 4.98 Å². The molecule has 3 aromatic carbocycles. The second kappa shape index (κ2) is 8.61. The van der Waals surface area contributed by atoms with Crippen molar-refractivity contribution in [1.82, 2.24) is 10.1 Å². The number of methoxy groups -OCH3 is 1. The van der Waals surface area contributed by atoms with E-state index in [2.05, 4.69) is 10.1 Å². The van der Waals surface area contributed by atoms with Crippen molar-refractivity contribution >= 4 is 5.78 Å². The lowest BCUT2D eigenvalue weighted by Crippen LogP contribution is -2.11. The number of ketones is 1. The summed E-state index contributed by atoms with van der Waals surface area (Å²) in [5.74, 6) is 2.05. The van der Waals surface area contributed by atoms with E-state index in [4.69, 9.17) is 14.0 Å². The van der Waals surface area contributed by atoms with Crippen LogP contribution in [-0.2, 0) is 0 Å². The Morgan fingerprint density at radius 3 is 2.50 bits per heavy atom. The van der Waals surface area contributed by atoms with Crippen LogP contribution in [-0.4, -0.2) is 29.6 Å². The smallest absolute Gasteiger partial charge is 0.258 e. The van der Waals surface area contributed by atoms with E-state index in [1.54, 1.807) is 43.5 Å². The maximum Gasteiger partial charge on any atom is 0.258 e. The molecule has 0 aliphatic carbocycles. The van der Waals surface area contributed by atoms with Crippen molar-refractivity contribution in [3.05, 3.63) is 83.9 Å². The summed E-state index contributed by atoms with van der Waals surface area (Å²) in [5, 5.41) is 4.06. The number of nitrogens with zero attached hydrogens (tertiary/aromatic N) is 2. The standard InChI is InChI=1S/C24H20N2O4/c1-16-5-3-7-19(13-16)24-25-23(26-30-24)17-9-11-20(12-10-17)29-15-22(27)18-6-4-8-21(14-18)28-2/h3-14H,15H2,1-2H3. The van der Waals surface area contributed by atoms with Crippen LogP contribution in [0.2, 0.25) is 0 Å². The van der Waals surface area contributed by atoms with Crippen LogP contribution in [0.1, 0.15) is 15.9 Å². The first-order valence-corrected chi connectivity index (χ1v) is 9.43. The summed E-state index contributed by atoms with van der Waals surface area (Å²) in [5.41, 5.74) is 3.34. The van der Waals surface area contributed by atoms with Gasteiger partial charge in [0.25, 0.3) is 5.89 Å². The van der Waals surface area contributed by atoms with Crippen LogP contribution in [0.15, 0.2) is 77.3 Å². The first-order valence-electron chi connectivity index (χ1n) is 9.43. The highest BCUT2D eigenvalue weighted by Gasteiger charge is 2.12. The normalized spacial score (nSPS) is 10.6. The number of ether oxygens (including phenoxy) is 2. The highest BCUT2D eigenvalue weighted by atomic mass is 16.5. The number of carbonyl (C=O) groups is 1. The topological polar surface area (TPSA) is 74.5 Å². The van der Waals surface area contributed by atoms with E-state index in [1.807, 2.05) is 43.3 Å². The quantitative estimate of drug-likeness (QED) is 0.407. The molecule has 0 unspecified atom stereocenters. The Kier molecular flexibility index (Phi) is 5.57. The van der Waals surface area contributed by atoms with E-state index in [0.717, 1.165) is 16.7 Å². The van der Waals surface area contributed by atoms with Crippen LogP contribution in [0.25, 0.3) is 22.8 Å². The third-order valence-corrected chi connectivity index (χ3v) is 4.57. The minimum Gasteiger partial charge on any atom is -0.497 e. The van der Waals surface area contributed by atoms with E-state index in [-0.39, 0.29) is 12.4 Å². The fourth-order valence-electron chi connectivity index (χ4n) is 2.97. The average molecular weight is 400 g/mol. The molecule has 0 fully saturated rings. The Balaban J connectivity index is 1.41. The number of hydrogen-bond acceptors (Lipinski definition) is 6. The average Bonchev–Trinajstić information content (AvgIpc) is 3.28. The Morgan fingerprint density at radius 1 is 0.933 bits per heavy atom. The molecule has 1 heterocycles. The fraction of sp³-hybridized carbons (Fsp3) is 0.125. The molecule has 4 rings (SSSR count). The van der Waals surface area contributed by atoms with Gasteiger partial charge in [0.05, 0.1) is 7.11 Å². The summed E-state index contributed by atoms with van der Waals surface area (Å²) in [6, 6.07) is 22.1. The zero-order chi connectivity index (χ0) is 20.9. The molecule has 0 spiro atoms. The van der Waals surface area contributed by atoms with Gasteiger partial charge in [0.15, 0.2) is 12.4 Å². The molecular weight excluding hydrogens is 380 g/mol. The van der Waals surface area contributed by atoms with Crippen LogP contribution in [0.5, 0.6) is 11.5 Å². The number of aryl methyl sites for hydroxylation is 1. The molecule has 30 heavy (non-hydrogen) atoms. The van der Waals surface area contributed by atoms with E-state index in [9.17, 15) is 4.79 Å². The minimum atomic E-state index is -0.126. The van der Waals surface area contributed by atoms with Crippen molar-refractivity contribution in [2.75, 3.05) is 13.7 Å². The second-order valence-electron chi connectivity index (χ2n) is 6.76. The summed E-state index contributed by atoms with van der Waals surface area (Å²) in [4.78, 5) is 16.8. The van der Waals surface area contributed by atoms with Crippen molar-refractivity contribution in [3.8, 4) is 34.3 Å². The highest BCUT2D eigenvalue weighted by Crippen LogP contribution is 2.24. The van der Waals surface area contributed by atoms with Gasteiger partial charge in [0.1, 0.15) is 11.5 Å². The monoisotopic (exact) mass is 400 g/mol. The molecule has 0 N–H and O–H groups in total. The number of benzene rings is 3. The lowest BCUT2D eigenvalue weighted by atomic mass is 10.1. The van der Waals surface area contributed by atoms with Gasteiger partial charge < -0.3 is 14.0 Å². The number of Topliss-reactive ketones (excluding diaryl/α,β-unsaturated/α-hetero) is 1. The molecule has 0 aliphatic rings. The molecule has 6 heteroatoms. The zero-order valence-electron chi connectivity index (χ0n) is 16.7. The van der Waals surface area contributed by atoms with Crippen LogP contribution >= 0.6 is 0 Å². The molecule has 0 saturated heterocycles. The van der Waals surface area contributed by atoms with Gasteiger partial charge in [-0.3, -0.25) is 4.79 Å². The number of carbonyl (C=O) groups excluding carboxylic acids is 1. The SMILES string of the molecule is COc1cccc(C(=O)COc2ccc(-c3noc(-c4cccc(C)c4)n3)cc2)c1. The molecule has 150 valence electrons. The molecule has 0 aliphatic heterocycles. The molecule has 6 nitrogen and oxygen atoms in total. The Labute approximate surface area is 174 Å². The minimum absolute atomic E-state index is 0.0633. The van der Waals surface area contributed by atoms with Crippen LogP contribution < -0.4 is 9.47 Å². The maximum atomic E-state index is 12.3.